The van der Waals surface area contributed by atoms with Crippen molar-refractivity contribution in [3.63, 3.8) is 0 Å². The normalized spacial score (nSPS) is 11.6. The van der Waals surface area contributed by atoms with E-state index < -0.39 is 10.0 Å². The Balaban J connectivity index is 1.52. The van der Waals surface area contributed by atoms with Crippen LogP contribution in [0.1, 0.15) is 17.0 Å². The van der Waals surface area contributed by atoms with Gasteiger partial charge in [0.1, 0.15) is 0 Å². The van der Waals surface area contributed by atoms with Crippen molar-refractivity contribution in [2.75, 3.05) is 4.72 Å². The molecular weight excluding hydrogens is 446 g/mol. The number of rotatable bonds is 5. The Hall–Kier alpha value is -4.04. The molecule has 0 aliphatic carbocycles. The van der Waals surface area contributed by atoms with Crippen molar-refractivity contribution in [1.29, 1.82) is 0 Å². The lowest BCUT2D eigenvalue weighted by atomic mass is 10.0. The van der Waals surface area contributed by atoms with E-state index >= 15 is 0 Å². The molecule has 34 heavy (non-hydrogen) atoms. The molecule has 5 rings (SSSR count). The van der Waals surface area contributed by atoms with E-state index in [1.54, 1.807) is 36.4 Å². The number of aromatic amines is 1. The zero-order valence-corrected chi connectivity index (χ0v) is 19.8. The van der Waals surface area contributed by atoms with Gasteiger partial charge in [-0.1, -0.05) is 35.9 Å². The minimum Gasteiger partial charge on any atom is -0.282 e. The first-order chi connectivity index (χ1) is 16.3. The maximum atomic E-state index is 12.7. The minimum atomic E-state index is -3.67. The minimum absolute atomic E-state index is 0.218. The topological polar surface area (TPSA) is 101 Å². The predicted octanol–water partition coefficient (Wildman–Crippen LogP) is 5.41. The van der Waals surface area contributed by atoms with Crippen LogP contribution in [-0.2, 0) is 10.0 Å². The Labute approximate surface area is 198 Å². The third kappa shape index (κ3) is 4.04. The summed E-state index contributed by atoms with van der Waals surface area (Å²) in [7, 11) is -3.67. The highest BCUT2D eigenvalue weighted by molar-refractivity contribution is 7.92. The van der Waals surface area contributed by atoms with E-state index in [0.29, 0.717) is 11.5 Å². The molecule has 3 aromatic carbocycles. The summed E-state index contributed by atoms with van der Waals surface area (Å²) in [6, 6.07) is 21.7. The molecule has 2 aromatic heterocycles. The number of H-pyrrole nitrogens is 1. The van der Waals surface area contributed by atoms with Crippen LogP contribution in [0, 0.1) is 20.8 Å². The molecule has 7 nitrogen and oxygen atoms in total. The van der Waals surface area contributed by atoms with Gasteiger partial charge in [0.2, 0.25) is 0 Å². The molecule has 0 unspecified atom stereocenters. The van der Waals surface area contributed by atoms with Gasteiger partial charge in [-0.2, -0.15) is 5.10 Å². The van der Waals surface area contributed by atoms with Gasteiger partial charge in [-0.05, 0) is 63.2 Å². The molecule has 0 saturated carbocycles. The molecular formula is C26H23N5O2S. The van der Waals surface area contributed by atoms with Crippen LogP contribution in [0.4, 0.5) is 5.69 Å². The Morgan fingerprint density at radius 1 is 0.824 bits per heavy atom. The van der Waals surface area contributed by atoms with Crippen LogP contribution in [0.5, 0.6) is 0 Å². The number of aryl methyl sites for hydroxylation is 3. The van der Waals surface area contributed by atoms with Crippen molar-refractivity contribution in [2.45, 2.75) is 25.7 Å². The Bertz CT molecular complexity index is 1590. The number of nitrogens with one attached hydrogen (secondary N) is 2. The molecule has 0 saturated heterocycles. The number of anilines is 1. The van der Waals surface area contributed by atoms with Gasteiger partial charge in [-0.3, -0.25) is 9.82 Å². The summed E-state index contributed by atoms with van der Waals surface area (Å²) >= 11 is 0. The van der Waals surface area contributed by atoms with E-state index in [1.807, 2.05) is 57.2 Å². The van der Waals surface area contributed by atoms with E-state index in [-0.39, 0.29) is 4.90 Å². The molecule has 0 aliphatic heterocycles. The van der Waals surface area contributed by atoms with E-state index in [0.717, 1.165) is 44.7 Å². The van der Waals surface area contributed by atoms with Crippen LogP contribution in [0.25, 0.3) is 33.5 Å². The highest BCUT2D eigenvalue weighted by atomic mass is 32.2. The predicted molar refractivity (Wildman–Crippen MR) is 134 cm³/mol. The van der Waals surface area contributed by atoms with Crippen molar-refractivity contribution in [3.8, 4) is 22.6 Å². The lowest BCUT2D eigenvalue weighted by Crippen LogP contribution is -2.12. The van der Waals surface area contributed by atoms with Crippen LogP contribution < -0.4 is 4.72 Å². The molecule has 0 amide bonds. The molecule has 2 N–H and O–H groups in total. The Kier molecular flexibility index (Phi) is 5.37. The quantitative estimate of drug-likeness (QED) is 0.358. The number of benzene rings is 3. The van der Waals surface area contributed by atoms with Crippen molar-refractivity contribution >= 4 is 26.6 Å². The zero-order valence-electron chi connectivity index (χ0n) is 19.0. The number of nitrogens with zero attached hydrogens (tertiary/aromatic N) is 3. The fraction of sp³-hybridized carbons (Fsp3) is 0.115. The van der Waals surface area contributed by atoms with Crippen molar-refractivity contribution in [2.24, 2.45) is 0 Å². The molecule has 0 atom stereocenters. The number of hydrogen-bond acceptors (Lipinski definition) is 5. The molecule has 2 heterocycles. The fourth-order valence-electron chi connectivity index (χ4n) is 3.91. The first-order valence-corrected chi connectivity index (χ1v) is 12.3. The number of sulfonamides is 1. The van der Waals surface area contributed by atoms with Crippen molar-refractivity contribution < 1.29 is 8.42 Å². The van der Waals surface area contributed by atoms with Gasteiger partial charge >= 0.3 is 0 Å². The fourth-order valence-corrected chi connectivity index (χ4v) is 4.97. The summed E-state index contributed by atoms with van der Waals surface area (Å²) in [5.74, 6) is 0.557. The molecule has 0 radical (unpaired) electrons. The molecule has 170 valence electrons. The van der Waals surface area contributed by atoms with E-state index in [1.165, 1.54) is 0 Å². The van der Waals surface area contributed by atoms with Gasteiger partial charge in [0.15, 0.2) is 5.82 Å². The summed E-state index contributed by atoms with van der Waals surface area (Å²) in [5.41, 5.74) is 6.65. The number of aromatic nitrogens is 4. The van der Waals surface area contributed by atoms with Gasteiger partial charge in [0, 0.05) is 27.9 Å². The Morgan fingerprint density at radius 3 is 2.21 bits per heavy atom. The maximum Gasteiger partial charge on any atom is 0.261 e. The first kappa shape index (κ1) is 21.8. The second kappa shape index (κ2) is 8.39. The van der Waals surface area contributed by atoms with E-state index in [9.17, 15) is 8.42 Å². The standard InChI is InChI=1S/C26H23N5O2S/c1-16-8-14-21(15-9-16)34(32,33)31-20-12-10-19(11-13-20)26-27-23-7-5-4-6-22(23)25(28-26)24-17(2)29-30-18(24)3/h4-15,31H,1-3H3,(H,29,30). The molecule has 0 bridgehead atoms. The van der Waals surface area contributed by atoms with Gasteiger partial charge in [0.05, 0.1) is 21.8 Å². The lowest BCUT2D eigenvalue weighted by molar-refractivity contribution is 0.601. The summed E-state index contributed by atoms with van der Waals surface area (Å²) in [6.07, 6.45) is 0. The second-order valence-corrected chi connectivity index (χ2v) is 9.90. The highest BCUT2D eigenvalue weighted by Crippen LogP contribution is 2.32. The summed E-state index contributed by atoms with van der Waals surface area (Å²) < 4.78 is 28.0. The molecule has 0 aliphatic rings. The van der Waals surface area contributed by atoms with Gasteiger partial charge in [0.25, 0.3) is 10.0 Å². The summed E-state index contributed by atoms with van der Waals surface area (Å²) in [5, 5.41) is 8.30. The molecule has 0 spiro atoms. The van der Waals surface area contributed by atoms with Crippen LogP contribution in [0.15, 0.2) is 77.7 Å². The second-order valence-electron chi connectivity index (χ2n) is 8.22. The number of fused-ring (bicyclic) bond motifs is 1. The molecule has 0 fully saturated rings. The first-order valence-electron chi connectivity index (χ1n) is 10.8. The van der Waals surface area contributed by atoms with Gasteiger partial charge in [-0.15, -0.1) is 0 Å². The number of para-hydroxylation sites is 1. The smallest absolute Gasteiger partial charge is 0.261 e. The third-order valence-corrected chi connectivity index (χ3v) is 7.09. The highest BCUT2D eigenvalue weighted by Gasteiger charge is 2.17. The monoisotopic (exact) mass is 469 g/mol. The third-order valence-electron chi connectivity index (χ3n) is 5.69. The maximum absolute atomic E-state index is 12.7. The summed E-state index contributed by atoms with van der Waals surface area (Å²) in [6.45, 7) is 5.84. The average molecular weight is 470 g/mol. The average Bonchev–Trinajstić information content (AvgIpc) is 3.16. The van der Waals surface area contributed by atoms with Crippen molar-refractivity contribution in [1.82, 2.24) is 20.2 Å². The lowest BCUT2D eigenvalue weighted by Gasteiger charge is -2.11. The molecule has 5 aromatic rings. The van der Waals surface area contributed by atoms with Crippen LogP contribution in [0.3, 0.4) is 0 Å². The van der Waals surface area contributed by atoms with Gasteiger partial charge < -0.3 is 0 Å². The van der Waals surface area contributed by atoms with Crippen LogP contribution in [0.2, 0.25) is 0 Å². The SMILES string of the molecule is Cc1ccc(S(=O)(=O)Nc2ccc(-c3nc(-c4c(C)n[nH]c4C)c4ccccc4n3)cc2)cc1. The van der Waals surface area contributed by atoms with Gasteiger partial charge in [-0.25, -0.2) is 18.4 Å². The zero-order chi connectivity index (χ0) is 23.9. The van der Waals surface area contributed by atoms with E-state index in [2.05, 4.69) is 14.9 Å². The number of hydrogen-bond donors (Lipinski definition) is 2. The Morgan fingerprint density at radius 2 is 1.53 bits per heavy atom. The van der Waals surface area contributed by atoms with Crippen molar-refractivity contribution in [3.05, 3.63) is 89.7 Å². The van der Waals surface area contributed by atoms with Crippen LogP contribution >= 0.6 is 0 Å². The summed E-state index contributed by atoms with van der Waals surface area (Å²) in [4.78, 5) is 9.86. The largest absolute Gasteiger partial charge is 0.282 e. The molecule has 8 heteroatoms. The van der Waals surface area contributed by atoms with Crippen LogP contribution in [-0.4, -0.2) is 28.6 Å². The van der Waals surface area contributed by atoms with E-state index in [4.69, 9.17) is 9.97 Å².